The van der Waals surface area contributed by atoms with Gasteiger partial charge in [-0.1, -0.05) is 13.8 Å². The van der Waals surface area contributed by atoms with Crippen LogP contribution in [0.3, 0.4) is 0 Å². The van der Waals surface area contributed by atoms with Gasteiger partial charge in [0.2, 0.25) is 5.91 Å². The Morgan fingerprint density at radius 1 is 1.32 bits per heavy atom. The molecule has 5 heteroatoms. The minimum Gasteiger partial charge on any atom is -0.395 e. The van der Waals surface area contributed by atoms with Crippen molar-refractivity contribution in [2.45, 2.75) is 33.1 Å². The molecule has 114 valence electrons. The molecular formula is C14H30N2O3. The van der Waals surface area contributed by atoms with Crippen LogP contribution in [-0.2, 0) is 9.53 Å². The maximum Gasteiger partial charge on any atom is 0.222 e. The lowest BCUT2D eigenvalue weighted by Crippen LogP contribution is -2.36. The number of methoxy groups -OCH3 is 1. The molecule has 0 aliphatic heterocycles. The van der Waals surface area contributed by atoms with Crippen LogP contribution >= 0.6 is 0 Å². The van der Waals surface area contributed by atoms with E-state index in [1.54, 1.807) is 12.0 Å². The molecule has 0 radical (unpaired) electrons. The van der Waals surface area contributed by atoms with E-state index in [0.29, 0.717) is 44.5 Å². The van der Waals surface area contributed by atoms with Crippen molar-refractivity contribution in [2.24, 2.45) is 17.6 Å². The number of nitrogens with two attached hydrogens (primary N) is 1. The SMILES string of the molecule is COCCN(CCO)C(=O)CCC(CCN)C(C)C. The second kappa shape index (κ2) is 11.2. The third-order valence-corrected chi connectivity index (χ3v) is 3.50. The number of amides is 1. The molecule has 3 N–H and O–H groups in total. The molecular weight excluding hydrogens is 244 g/mol. The molecule has 0 rings (SSSR count). The number of aliphatic hydroxyl groups is 1. The Morgan fingerprint density at radius 2 is 2.00 bits per heavy atom. The molecule has 0 saturated carbocycles. The summed E-state index contributed by atoms with van der Waals surface area (Å²) in [6, 6.07) is 0. The molecule has 0 aromatic rings. The first-order chi connectivity index (χ1) is 9.06. The van der Waals surface area contributed by atoms with E-state index in [4.69, 9.17) is 15.6 Å². The lowest BCUT2D eigenvalue weighted by molar-refractivity contribution is -0.132. The molecule has 0 saturated heterocycles. The largest absolute Gasteiger partial charge is 0.395 e. The molecule has 0 fully saturated rings. The lowest BCUT2D eigenvalue weighted by atomic mass is 9.88. The van der Waals surface area contributed by atoms with Crippen LogP contribution in [0.2, 0.25) is 0 Å². The van der Waals surface area contributed by atoms with Crippen LogP contribution in [-0.4, -0.2) is 55.9 Å². The molecule has 0 aromatic carbocycles. The highest BCUT2D eigenvalue weighted by atomic mass is 16.5. The fourth-order valence-corrected chi connectivity index (χ4v) is 2.18. The van der Waals surface area contributed by atoms with Crippen molar-refractivity contribution in [1.29, 1.82) is 0 Å². The number of hydrogen-bond acceptors (Lipinski definition) is 4. The van der Waals surface area contributed by atoms with Gasteiger partial charge < -0.3 is 20.5 Å². The Hall–Kier alpha value is -0.650. The summed E-state index contributed by atoms with van der Waals surface area (Å²) in [5.74, 6) is 1.13. The predicted octanol–water partition coefficient (Wildman–Crippen LogP) is 0.855. The summed E-state index contributed by atoms with van der Waals surface area (Å²) in [6.45, 7) is 6.42. The Bertz CT molecular complexity index is 235. The maximum absolute atomic E-state index is 12.1. The zero-order valence-corrected chi connectivity index (χ0v) is 12.6. The van der Waals surface area contributed by atoms with Gasteiger partial charge in [0.05, 0.1) is 13.2 Å². The monoisotopic (exact) mass is 274 g/mol. The van der Waals surface area contributed by atoms with Gasteiger partial charge in [-0.05, 0) is 31.2 Å². The second-order valence-corrected chi connectivity index (χ2v) is 5.22. The van der Waals surface area contributed by atoms with Crippen LogP contribution in [0.15, 0.2) is 0 Å². The summed E-state index contributed by atoms with van der Waals surface area (Å²) in [7, 11) is 1.61. The van der Waals surface area contributed by atoms with Crippen LogP contribution in [0.5, 0.6) is 0 Å². The van der Waals surface area contributed by atoms with E-state index in [1.165, 1.54) is 0 Å². The van der Waals surface area contributed by atoms with Gasteiger partial charge in [-0.2, -0.15) is 0 Å². The molecule has 1 atom stereocenters. The smallest absolute Gasteiger partial charge is 0.222 e. The second-order valence-electron chi connectivity index (χ2n) is 5.22. The highest BCUT2D eigenvalue weighted by Gasteiger charge is 2.17. The maximum atomic E-state index is 12.1. The van der Waals surface area contributed by atoms with E-state index in [-0.39, 0.29) is 12.5 Å². The van der Waals surface area contributed by atoms with E-state index >= 15 is 0 Å². The van der Waals surface area contributed by atoms with Gasteiger partial charge in [0, 0.05) is 26.6 Å². The molecule has 0 aliphatic carbocycles. The molecule has 19 heavy (non-hydrogen) atoms. The van der Waals surface area contributed by atoms with Crippen molar-refractivity contribution in [1.82, 2.24) is 4.90 Å². The molecule has 1 amide bonds. The van der Waals surface area contributed by atoms with E-state index in [0.717, 1.165) is 12.8 Å². The number of carbonyl (C=O) groups excluding carboxylic acids is 1. The van der Waals surface area contributed by atoms with Gasteiger partial charge in [0.25, 0.3) is 0 Å². The average molecular weight is 274 g/mol. The Morgan fingerprint density at radius 3 is 2.47 bits per heavy atom. The van der Waals surface area contributed by atoms with E-state index in [2.05, 4.69) is 13.8 Å². The van der Waals surface area contributed by atoms with Crippen molar-refractivity contribution in [3.63, 3.8) is 0 Å². The fraction of sp³-hybridized carbons (Fsp3) is 0.929. The number of hydrogen-bond donors (Lipinski definition) is 2. The number of nitrogens with zero attached hydrogens (tertiary/aromatic N) is 1. The first-order valence-electron chi connectivity index (χ1n) is 7.14. The van der Waals surface area contributed by atoms with Crippen LogP contribution in [0, 0.1) is 11.8 Å². The topological polar surface area (TPSA) is 75.8 Å². The van der Waals surface area contributed by atoms with Gasteiger partial charge in [-0.3, -0.25) is 4.79 Å². The molecule has 1 unspecified atom stereocenters. The third-order valence-electron chi connectivity index (χ3n) is 3.50. The summed E-state index contributed by atoms with van der Waals surface area (Å²) in [6.07, 6.45) is 2.35. The molecule has 0 heterocycles. The van der Waals surface area contributed by atoms with Crippen LogP contribution < -0.4 is 5.73 Å². The van der Waals surface area contributed by atoms with Gasteiger partial charge in [-0.15, -0.1) is 0 Å². The minimum atomic E-state index is -0.00807. The Kier molecular flexibility index (Phi) is 10.8. The Labute approximate surface area is 117 Å². The molecule has 0 aliphatic rings. The van der Waals surface area contributed by atoms with Crippen molar-refractivity contribution >= 4 is 5.91 Å². The van der Waals surface area contributed by atoms with E-state index in [1.807, 2.05) is 0 Å². The number of carbonyl (C=O) groups is 1. The zero-order valence-electron chi connectivity index (χ0n) is 12.6. The molecule has 5 nitrogen and oxygen atoms in total. The zero-order chi connectivity index (χ0) is 14.7. The van der Waals surface area contributed by atoms with E-state index < -0.39 is 0 Å². The van der Waals surface area contributed by atoms with Crippen molar-refractivity contribution < 1.29 is 14.6 Å². The third kappa shape index (κ3) is 8.18. The highest BCUT2D eigenvalue weighted by Crippen LogP contribution is 2.20. The van der Waals surface area contributed by atoms with Crippen molar-refractivity contribution in [3.8, 4) is 0 Å². The minimum absolute atomic E-state index is 0.00807. The first-order valence-corrected chi connectivity index (χ1v) is 7.14. The number of rotatable bonds is 11. The average Bonchev–Trinajstić information content (AvgIpc) is 2.38. The standard InChI is InChI=1S/C14H30N2O3/c1-12(2)13(6-7-15)4-5-14(18)16(8-10-17)9-11-19-3/h12-13,17H,4-11,15H2,1-3H3. The summed E-state index contributed by atoms with van der Waals surface area (Å²) >= 11 is 0. The van der Waals surface area contributed by atoms with Crippen LogP contribution in [0.25, 0.3) is 0 Å². The predicted molar refractivity (Wildman–Crippen MR) is 76.8 cm³/mol. The first kappa shape index (κ1) is 18.4. The molecule has 0 spiro atoms. The highest BCUT2D eigenvalue weighted by molar-refractivity contribution is 5.76. The van der Waals surface area contributed by atoms with Gasteiger partial charge in [0.15, 0.2) is 0 Å². The summed E-state index contributed by atoms with van der Waals surface area (Å²) < 4.78 is 4.98. The van der Waals surface area contributed by atoms with Crippen molar-refractivity contribution in [2.75, 3.05) is 40.0 Å². The van der Waals surface area contributed by atoms with Gasteiger partial charge in [-0.25, -0.2) is 0 Å². The van der Waals surface area contributed by atoms with Gasteiger partial charge in [0.1, 0.15) is 0 Å². The number of aliphatic hydroxyl groups excluding tert-OH is 1. The lowest BCUT2D eigenvalue weighted by Gasteiger charge is -2.24. The van der Waals surface area contributed by atoms with Crippen molar-refractivity contribution in [3.05, 3.63) is 0 Å². The van der Waals surface area contributed by atoms with Crippen LogP contribution in [0.1, 0.15) is 33.1 Å². The normalized spacial score (nSPS) is 12.7. The fourth-order valence-electron chi connectivity index (χ4n) is 2.18. The van der Waals surface area contributed by atoms with Gasteiger partial charge >= 0.3 is 0 Å². The summed E-state index contributed by atoms with van der Waals surface area (Å²) in [5, 5.41) is 8.98. The number of ether oxygens (including phenoxy) is 1. The molecule has 0 aromatic heterocycles. The summed E-state index contributed by atoms with van der Waals surface area (Å²) in [5.41, 5.74) is 5.60. The van der Waals surface area contributed by atoms with Crippen LogP contribution in [0.4, 0.5) is 0 Å². The Balaban J connectivity index is 4.21. The summed E-state index contributed by atoms with van der Waals surface area (Å²) in [4.78, 5) is 13.8. The molecule has 0 bridgehead atoms. The van der Waals surface area contributed by atoms with E-state index in [9.17, 15) is 4.79 Å². The quantitative estimate of drug-likeness (QED) is 0.586.